The fourth-order valence-electron chi connectivity index (χ4n) is 0.955. The molecule has 0 spiro atoms. The Morgan fingerprint density at radius 2 is 1.83 bits per heavy atom. The second-order valence-electron chi connectivity index (χ2n) is 4.26. The van der Waals surface area contributed by atoms with E-state index in [1.54, 1.807) is 0 Å². The fraction of sp³-hybridized carbons (Fsp3) is 1.00. The summed E-state index contributed by atoms with van der Waals surface area (Å²) in [6.07, 6.45) is -0.181. The smallest absolute Gasteiger partial charge is 0.250 e. The summed E-state index contributed by atoms with van der Waals surface area (Å²) in [6.45, 7) is 6.98. The minimum Gasteiger partial charge on any atom is -0.311 e. The van der Waals surface area contributed by atoms with E-state index in [0.717, 1.165) is 12.8 Å². The Morgan fingerprint density at radius 1 is 1.25 bits per heavy atom. The van der Waals surface area contributed by atoms with Gasteiger partial charge in [0.05, 0.1) is 6.54 Å². The Kier molecular flexibility index (Phi) is 5.38. The molecule has 0 aromatic heterocycles. The molecule has 0 amide bonds. The lowest BCUT2D eigenvalue weighted by atomic mass is 9.91. The molecule has 12 heavy (non-hydrogen) atoms. The van der Waals surface area contributed by atoms with Crippen molar-refractivity contribution in [1.82, 2.24) is 5.32 Å². The predicted octanol–water partition coefficient (Wildman–Crippen LogP) is 2.67. The summed E-state index contributed by atoms with van der Waals surface area (Å²) in [4.78, 5) is 0. The minimum absolute atomic E-state index is 0.176. The van der Waals surface area contributed by atoms with Crippen LogP contribution in [-0.2, 0) is 0 Å². The molecule has 0 fully saturated rings. The zero-order chi connectivity index (χ0) is 9.61. The van der Waals surface area contributed by atoms with E-state index in [2.05, 4.69) is 26.1 Å². The molecule has 0 aromatic rings. The molecular weight excluding hydrogens is 160 g/mol. The van der Waals surface area contributed by atoms with Gasteiger partial charge in [-0.25, -0.2) is 8.78 Å². The Hall–Kier alpha value is -0.180. The van der Waals surface area contributed by atoms with Crippen LogP contribution in [-0.4, -0.2) is 19.5 Å². The van der Waals surface area contributed by atoms with Gasteiger partial charge in [-0.1, -0.05) is 20.8 Å². The Labute approximate surface area is 73.5 Å². The van der Waals surface area contributed by atoms with Crippen molar-refractivity contribution in [1.29, 1.82) is 0 Å². The number of nitrogens with one attached hydrogen (secondary N) is 1. The van der Waals surface area contributed by atoms with E-state index >= 15 is 0 Å². The molecule has 1 N–H and O–H groups in total. The van der Waals surface area contributed by atoms with Crippen LogP contribution < -0.4 is 5.32 Å². The van der Waals surface area contributed by atoms with Crippen LogP contribution in [0.4, 0.5) is 8.78 Å². The van der Waals surface area contributed by atoms with Gasteiger partial charge in [-0.2, -0.15) is 0 Å². The van der Waals surface area contributed by atoms with Gasteiger partial charge in [-0.15, -0.1) is 0 Å². The number of rotatable bonds is 5. The van der Waals surface area contributed by atoms with Crippen LogP contribution in [0.25, 0.3) is 0 Å². The first-order chi connectivity index (χ1) is 5.42. The Balaban J connectivity index is 3.12. The summed E-state index contributed by atoms with van der Waals surface area (Å²) in [5, 5.41) is 2.71. The number of hydrogen-bond donors (Lipinski definition) is 1. The summed E-state index contributed by atoms with van der Waals surface area (Å²) in [5.41, 5.74) is 0.312. The van der Waals surface area contributed by atoms with Crippen molar-refractivity contribution in [2.75, 3.05) is 13.1 Å². The summed E-state index contributed by atoms with van der Waals surface area (Å²) in [5.74, 6) is 0. The van der Waals surface area contributed by atoms with Gasteiger partial charge in [0.15, 0.2) is 0 Å². The lowest BCUT2D eigenvalue weighted by Crippen LogP contribution is -2.23. The average Bonchev–Trinajstić information content (AvgIpc) is 1.83. The van der Waals surface area contributed by atoms with Crippen molar-refractivity contribution >= 4 is 0 Å². The largest absolute Gasteiger partial charge is 0.311 e. The van der Waals surface area contributed by atoms with Gasteiger partial charge in [-0.05, 0) is 24.8 Å². The van der Waals surface area contributed by atoms with E-state index in [1.165, 1.54) is 0 Å². The van der Waals surface area contributed by atoms with Crippen LogP contribution in [0.1, 0.15) is 33.6 Å². The third-order valence-corrected chi connectivity index (χ3v) is 1.58. The first kappa shape index (κ1) is 11.8. The SMILES string of the molecule is CC(C)(C)CCCNCC(F)F. The molecule has 0 radical (unpaired) electrons. The molecule has 1 nitrogen and oxygen atoms in total. The van der Waals surface area contributed by atoms with Crippen LogP contribution in [0, 0.1) is 5.41 Å². The third-order valence-electron chi connectivity index (χ3n) is 1.58. The highest BCUT2D eigenvalue weighted by Crippen LogP contribution is 2.19. The minimum atomic E-state index is -2.22. The standard InChI is InChI=1S/C9H19F2N/c1-9(2,3)5-4-6-12-7-8(10)11/h8,12H,4-7H2,1-3H3. The van der Waals surface area contributed by atoms with Crippen LogP contribution in [0.3, 0.4) is 0 Å². The molecule has 0 aliphatic heterocycles. The monoisotopic (exact) mass is 179 g/mol. The zero-order valence-corrected chi connectivity index (χ0v) is 8.16. The molecule has 0 rings (SSSR count). The van der Waals surface area contributed by atoms with Gasteiger partial charge in [0.2, 0.25) is 0 Å². The molecule has 74 valence electrons. The molecule has 0 atom stereocenters. The van der Waals surface area contributed by atoms with Crippen molar-refractivity contribution in [2.45, 2.75) is 40.0 Å². The molecule has 3 heteroatoms. The summed E-state index contributed by atoms with van der Waals surface area (Å²) < 4.78 is 23.3. The first-order valence-corrected chi connectivity index (χ1v) is 4.41. The number of alkyl halides is 2. The van der Waals surface area contributed by atoms with Crippen molar-refractivity contribution in [3.05, 3.63) is 0 Å². The molecule has 0 saturated carbocycles. The normalized spacial score (nSPS) is 12.5. The molecule has 0 unspecified atom stereocenters. The van der Waals surface area contributed by atoms with Gasteiger partial charge < -0.3 is 5.32 Å². The molecule has 0 aliphatic rings. The van der Waals surface area contributed by atoms with E-state index in [4.69, 9.17) is 0 Å². The first-order valence-electron chi connectivity index (χ1n) is 4.41. The highest BCUT2D eigenvalue weighted by molar-refractivity contribution is 4.62. The zero-order valence-electron chi connectivity index (χ0n) is 8.16. The van der Waals surface area contributed by atoms with Gasteiger partial charge in [0.1, 0.15) is 0 Å². The third kappa shape index (κ3) is 9.82. The maximum atomic E-state index is 11.6. The van der Waals surface area contributed by atoms with E-state index in [9.17, 15) is 8.78 Å². The Morgan fingerprint density at radius 3 is 2.25 bits per heavy atom. The van der Waals surface area contributed by atoms with Crippen molar-refractivity contribution < 1.29 is 8.78 Å². The lowest BCUT2D eigenvalue weighted by molar-refractivity contribution is 0.145. The van der Waals surface area contributed by atoms with Gasteiger partial charge >= 0.3 is 0 Å². The van der Waals surface area contributed by atoms with Gasteiger partial charge in [0, 0.05) is 0 Å². The van der Waals surface area contributed by atoms with E-state index in [1.807, 2.05) is 0 Å². The molecule has 0 bridgehead atoms. The highest BCUT2D eigenvalue weighted by atomic mass is 19.3. The van der Waals surface area contributed by atoms with Crippen LogP contribution in [0.15, 0.2) is 0 Å². The molecule has 0 aromatic carbocycles. The van der Waals surface area contributed by atoms with Crippen molar-refractivity contribution in [3.63, 3.8) is 0 Å². The van der Waals surface area contributed by atoms with Crippen molar-refractivity contribution in [2.24, 2.45) is 5.41 Å². The highest BCUT2D eigenvalue weighted by Gasteiger charge is 2.08. The lowest BCUT2D eigenvalue weighted by Gasteiger charge is -2.17. The second-order valence-corrected chi connectivity index (χ2v) is 4.26. The summed E-state index contributed by atoms with van der Waals surface area (Å²) >= 11 is 0. The van der Waals surface area contributed by atoms with Gasteiger partial charge in [0.25, 0.3) is 6.43 Å². The average molecular weight is 179 g/mol. The summed E-state index contributed by atoms with van der Waals surface area (Å²) in [7, 11) is 0. The van der Waals surface area contributed by atoms with Crippen molar-refractivity contribution in [3.8, 4) is 0 Å². The van der Waals surface area contributed by atoms with E-state index in [-0.39, 0.29) is 6.54 Å². The quantitative estimate of drug-likeness (QED) is 0.640. The topological polar surface area (TPSA) is 12.0 Å². The van der Waals surface area contributed by atoms with Crippen LogP contribution in [0.5, 0.6) is 0 Å². The molecule has 0 saturated heterocycles. The maximum absolute atomic E-state index is 11.6. The number of hydrogen-bond acceptors (Lipinski definition) is 1. The molecular formula is C9H19F2N. The van der Waals surface area contributed by atoms with Gasteiger partial charge in [-0.3, -0.25) is 0 Å². The number of halogens is 2. The maximum Gasteiger partial charge on any atom is 0.250 e. The molecule has 0 heterocycles. The van der Waals surface area contributed by atoms with E-state index < -0.39 is 6.43 Å². The van der Waals surface area contributed by atoms with Crippen LogP contribution >= 0.6 is 0 Å². The van der Waals surface area contributed by atoms with E-state index in [0.29, 0.717) is 12.0 Å². The van der Waals surface area contributed by atoms with Crippen LogP contribution in [0.2, 0.25) is 0 Å². The predicted molar refractivity (Wildman–Crippen MR) is 47.6 cm³/mol. The molecule has 0 aliphatic carbocycles. The fourth-order valence-corrected chi connectivity index (χ4v) is 0.955. The summed E-state index contributed by atoms with van der Waals surface area (Å²) in [6, 6.07) is 0. The second kappa shape index (κ2) is 5.46. The Bertz CT molecular complexity index is 108.